The van der Waals surface area contributed by atoms with Crippen LogP contribution in [0.4, 0.5) is 0 Å². The molecule has 0 atom stereocenters. The summed E-state index contributed by atoms with van der Waals surface area (Å²) < 4.78 is 0. The fourth-order valence-electron chi connectivity index (χ4n) is 3.93. The predicted molar refractivity (Wildman–Crippen MR) is 132 cm³/mol. The van der Waals surface area contributed by atoms with Gasteiger partial charge < -0.3 is 10.2 Å². The summed E-state index contributed by atoms with van der Waals surface area (Å²) in [6.07, 6.45) is 0.310. The molecule has 2 aromatic carbocycles. The summed E-state index contributed by atoms with van der Waals surface area (Å²) in [5.41, 5.74) is 5.60. The highest BCUT2D eigenvalue weighted by Crippen LogP contribution is 2.24. The first-order chi connectivity index (χ1) is 15.6. The van der Waals surface area contributed by atoms with Gasteiger partial charge in [0.05, 0.1) is 12.1 Å². The second-order valence-corrected chi connectivity index (χ2v) is 9.35. The lowest BCUT2D eigenvalue weighted by atomic mass is 10.1. The van der Waals surface area contributed by atoms with Crippen molar-refractivity contribution in [3.05, 3.63) is 76.3 Å². The first-order valence-corrected chi connectivity index (χ1v) is 12.3. The number of benzene rings is 2. The number of thiazole rings is 1. The number of piperazine rings is 1. The SMILES string of the molecule is CCN1CCN(Cc2ccc(CNC(=O)Cc3csc(-c4ccc(C)cc4)n3)cc2)CC1. The van der Waals surface area contributed by atoms with Crippen LogP contribution in [0.25, 0.3) is 10.6 Å². The molecule has 1 saturated heterocycles. The fourth-order valence-corrected chi connectivity index (χ4v) is 4.75. The zero-order valence-corrected chi connectivity index (χ0v) is 19.8. The van der Waals surface area contributed by atoms with Crippen molar-refractivity contribution in [3.63, 3.8) is 0 Å². The summed E-state index contributed by atoms with van der Waals surface area (Å²) >= 11 is 1.58. The maximum absolute atomic E-state index is 12.4. The number of likely N-dealkylation sites (N-methyl/N-ethyl adjacent to an activating group) is 1. The number of rotatable bonds is 8. The van der Waals surface area contributed by atoms with Crippen LogP contribution in [-0.2, 0) is 24.3 Å². The summed E-state index contributed by atoms with van der Waals surface area (Å²) in [5, 5.41) is 5.96. The van der Waals surface area contributed by atoms with Crippen molar-refractivity contribution in [2.45, 2.75) is 33.4 Å². The van der Waals surface area contributed by atoms with Crippen LogP contribution in [0.15, 0.2) is 53.9 Å². The molecule has 4 rings (SSSR count). The maximum Gasteiger partial charge on any atom is 0.226 e. The Morgan fingerprint density at radius 2 is 1.62 bits per heavy atom. The minimum atomic E-state index is 0.00336. The van der Waals surface area contributed by atoms with Gasteiger partial charge in [-0.2, -0.15) is 0 Å². The average molecular weight is 449 g/mol. The van der Waals surface area contributed by atoms with E-state index in [1.807, 2.05) is 5.38 Å². The summed E-state index contributed by atoms with van der Waals surface area (Å²) in [4.78, 5) is 22.0. The van der Waals surface area contributed by atoms with Crippen LogP contribution in [0, 0.1) is 6.92 Å². The van der Waals surface area contributed by atoms with E-state index in [9.17, 15) is 4.79 Å². The number of nitrogens with one attached hydrogen (secondary N) is 1. The minimum absolute atomic E-state index is 0.00336. The number of aryl methyl sites for hydroxylation is 1. The van der Waals surface area contributed by atoms with Gasteiger partial charge in [0.2, 0.25) is 5.91 Å². The third kappa shape index (κ3) is 6.25. The van der Waals surface area contributed by atoms with Gasteiger partial charge in [0.15, 0.2) is 0 Å². The molecule has 0 bridgehead atoms. The highest BCUT2D eigenvalue weighted by Gasteiger charge is 2.15. The molecule has 0 radical (unpaired) electrons. The van der Waals surface area contributed by atoms with Crippen LogP contribution in [-0.4, -0.2) is 53.4 Å². The van der Waals surface area contributed by atoms with Crippen LogP contribution >= 0.6 is 11.3 Å². The zero-order valence-electron chi connectivity index (χ0n) is 19.0. The largest absolute Gasteiger partial charge is 0.352 e. The lowest BCUT2D eigenvalue weighted by molar-refractivity contribution is -0.120. The van der Waals surface area contributed by atoms with E-state index in [0.29, 0.717) is 13.0 Å². The summed E-state index contributed by atoms with van der Waals surface area (Å²) in [5.74, 6) is 0.00336. The second kappa shape index (κ2) is 10.9. The smallest absolute Gasteiger partial charge is 0.226 e. The first kappa shape index (κ1) is 22.6. The lowest BCUT2D eigenvalue weighted by Crippen LogP contribution is -2.45. The molecule has 1 fully saturated rings. The Morgan fingerprint density at radius 1 is 0.969 bits per heavy atom. The molecule has 3 aromatic rings. The molecule has 1 N–H and O–H groups in total. The summed E-state index contributed by atoms with van der Waals surface area (Å²) in [7, 11) is 0. The minimum Gasteiger partial charge on any atom is -0.352 e. The van der Waals surface area contributed by atoms with Crippen molar-refractivity contribution < 1.29 is 4.79 Å². The Bertz CT molecular complexity index is 1010. The van der Waals surface area contributed by atoms with E-state index in [1.165, 1.54) is 11.1 Å². The van der Waals surface area contributed by atoms with Crippen molar-refractivity contribution in [1.82, 2.24) is 20.1 Å². The van der Waals surface area contributed by atoms with Gasteiger partial charge in [0.1, 0.15) is 5.01 Å². The van der Waals surface area contributed by atoms with E-state index >= 15 is 0 Å². The molecule has 6 heteroatoms. The number of hydrogen-bond donors (Lipinski definition) is 1. The average Bonchev–Trinajstić information content (AvgIpc) is 3.28. The fraction of sp³-hybridized carbons (Fsp3) is 0.385. The Balaban J connectivity index is 1.22. The number of amides is 1. The van der Waals surface area contributed by atoms with E-state index in [2.05, 4.69) is 82.5 Å². The number of hydrogen-bond acceptors (Lipinski definition) is 5. The molecule has 0 spiro atoms. The standard InChI is InChI=1S/C26H32N4OS/c1-3-29-12-14-30(15-13-29)18-22-8-6-21(7-9-22)17-27-25(31)16-24-19-32-26(28-24)23-10-4-20(2)5-11-23/h4-11,19H,3,12-18H2,1-2H3,(H,27,31). The first-order valence-electron chi connectivity index (χ1n) is 11.4. The predicted octanol–water partition coefficient (Wildman–Crippen LogP) is 4.11. The molecule has 5 nitrogen and oxygen atoms in total. The van der Waals surface area contributed by atoms with Gasteiger partial charge in [-0.05, 0) is 24.6 Å². The van der Waals surface area contributed by atoms with Crippen molar-refractivity contribution >= 4 is 17.2 Å². The quantitative estimate of drug-likeness (QED) is 0.563. The van der Waals surface area contributed by atoms with Crippen molar-refractivity contribution in [1.29, 1.82) is 0 Å². The third-order valence-corrected chi connectivity index (χ3v) is 6.96. The monoisotopic (exact) mass is 448 g/mol. The molecule has 1 aliphatic rings. The van der Waals surface area contributed by atoms with Crippen LogP contribution < -0.4 is 5.32 Å². The molecule has 0 saturated carbocycles. The van der Waals surface area contributed by atoms with E-state index in [4.69, 9.17) is 0 Å². The van der Waals surface area contributed by atoms with Gasteiger partial charge in [0.25, 0.3) is 0 Å². The Kier molecular flexibility index (Phi) is 7.68. The van der Waals surface area contributed by atoms with E-state index in [0.717, 1.165) is 61.1 Å². The highest BCUT2D eigenvalue weighted by atomic mass is 32.1. The summed E-state index contributed by atoms with van der Waals surface area (Å²) in [6, 6.07) is 16.9. The van der Waals surface area contributed by atoms with Gasteiger partial charge in [-0.3, -0.25) is 9.69 Å². The number of aromatic nitrogens is 1. The van der Waals surface area contributed by atoms with Gasteiger partial charge in [0, 0.05) is 50.2 Å². The normalized spacial score (nSPS) is 15.1. The molecule has 168 valence electrons. The number of nitrogens with zero attached hydrogens (tertiary/aromatic N) is 3. The molecular formula is C26H32N4OS. The molecule has 0 aliphatic carbocycles. The van der Waals surface area contributed by atoms with Crippen LogP contribution in [0.1, 0.15) is 29.3 Å². The molecule has 1 aromatic heterocycles. The third-order valence-electron chi connectivity index (χ3n) is 6.02. The zero-order chi connectivity index (χ0) is 22.3. The topological polar surface area (TPSA) is 48.5 Å². The van der Waals surface area contributed by atoms with Crippen molar-refractivity contribution in [3.8, 4) is 10.6 Å². The number of carbonyl (C=O) groups excluding carboxylic acids is 1. The molecule has 0 unspecified atom stereocenters. The Hall–Kier alpha value is -2.54. The maximum atomic E-state index is 12.4. The van der Waals surface area contributed by atoms with Gasteiger partial charge in [-0.25, -0.2) is 4.98 Å². The number of carbonyl (C=O) groups is 1. The Morgan fingerprint density at radius 3 is 2.31 bits per heavy atom. The van der Waals surface area contributed by atoms with Crippen LogP contribution in [0.2, 0.25) is 0 Å². The molecular weight excluding hydrogens is 416 g/mol. The van der Waals surface area contributed by atoms with E-state index < -0.39 is 0 Å². The second-order valence-electron chi connectivity index (χ2n) is 8.49. The summed E-state index contributed by atoms with van der Waals surface area (Å²) in [6.45, 7) is 11.6. The van der Waals surface area contributed by atoms with E-state index in [-0.39, 0.29) is 5.91 Å². The van der Waals surface area contributed by atoms with Crippen LogP contribution in [0.3, 0.4) is 0 Å². The lowest BCUT2D eigenvalue weighted by Gasteiger charge is -2.34. The van der Waals surface area contributed by atoms with E-state index in [1.54, 1.807) is 11.3 Å². The van der Waals surface area contributed by atoms with Gasteiger partial charge in [-0.1, -0.05) is 61.0 Å². The van der Waals surface area contributed by atoms with Crippen molar-refractivity contribution in [2.75, 3.05) is 32.7 Å². The molecule has 1 amide bonds. The van der Waals surface area contributed by atoms with Crippen molar-refractivity contribution in [2.24, 2.45) is 0 Å². The molecule has 2 heterocycles. The molecule has 32 heavy (non-hydrogen) atoms. The van der Waals surface area contributed by atoms with Crippen LogP contribution in [0.5, 0.6) is 0 Å². The molecule has 1 aliphatic heterocycles. The Labute approximate surface area is 195 Å². The highest BCUT2D eigenvalue weighted by molar-refractivity contribution is 7.13. The van der Waals surface area contributed by atoms with Gasteiger partial charge in [-0.15, -0.1) is 11.3 Å². The van der Waals surface area contributed by atoms with Gasteiger partial charge >= 0.3 is 0 Å².